The van der Waals surface area contributed by atoms with Crippen LogP contribution in [0.25, 0.3) is 11.0 Å². The van der Waals surface area contributed by atoms with E-state index in [4.69, 9.17) is 4.74 Å². The van der Waals surface area contributed by atoms with Crippen molar-refractivity contribution in [2.45, 2.75) is 25.4 Å². The third-order valence-electron chi connectivity index (χ3n) is 4.51. The molecule has 1 aliphatic rings. The number of benzene rings is 2. The predicted octanol–water partition coefficient (Wildman–Crippen LogP) is 2.39. The van der Waals surface area contributed by atoms with Crippen LogP contribution in [-0.4, -0.2) is 34.5 Å². The number of ether oxygens (including phenoxy) is 1. The van der Waals surface area contributed by atoms with Gasteiger partial charge in [-0.25, -0.2) is 9.78 Å². The number of imidazole rings is 1. The topological polar surface area (TPSA) is 84.1 Å². The van der Waals surface area contributed by atoms with E-state index >= 15 is 0 Å². The lowest BCUT2D eigenvalue weighted by molar-refractivity contribution is -0.130. The highest BCUT2D eigenvalue weighted by molar-refractivity contribution is 5.95. The predicted molar refractivity (Wildman–Crippen MR) is 96.8 cm³/mol. The van der Waals surface area contributed by atoms with Gasteiger partial charge in [-0.3, -0.25) is 4.79 Å². The van der Waals surface area contributed by atoms with E-state index in [-0.39, 0.29) is 5.91 Å². The summed E-state index contributed by atoms with van der Waals surface area (Å²) in [6, 6.07) is 15.1. The van der Waals surface area contributed by atoms with Crippen molar-refractivity contribution in [3.05, 3.63) is 65.5 Å². The van der Waals surface area contributed by atoms with Crippen LogP contribution in [0.5, 0.6) is 0 Å². The molecule has 0 aliphatic carbocycles. The summed E-state index contributed by atoms with van der Waals surface area (Å²) >= 11 is 0. The lowest BCUT2D eigenvalue weighted by atomic mass is 9.98. The van der Waals surface area contributed by atoms with Gasteiger partial charge >= 0.3 is 5.97 Å². The lowest BCUT2D eigenvalue weighted by Gasteiger charge is -2.23. The number of nitrogens with zero attached hydrogens (tertiary/aromatic N) is 1. The minimum Gasteiger partial charge on any atom is -0.448 e. The summed E-state index contributed by atoms with van der Waals surface area (Å²) in [4.78, 5) is 32.1. The number of nitrogens with one attached hydrogen (secondary N) is 2. The summed E-state index contributed by atoms with van der Waals surface area (Å²) in [6.45, 7) is 0.506. The summed E-state index contributed by atoms with van der Waals surface area (Å²) in [6.07, 6.45) is 1.14. The Hall–Kier alpha value is -3.15. The standard InChI is InChI=1S/C20H19N3O3/c24-19(17-12-13-6-1-2-7-14(13)20(25)26-17)21-11-5-10-18-22-15-8-3-4-9-16(15)23-18/h1-4,6-9,17H,5,10-12H2,(H,21,24)(H,22,23)/t17-/m0/s1. The first-order chi connectivity index (χ1) is 12.7. The Bertz CT molecular complexity index is 931. The van der Waals surface area contributed by atoms with Crippen molar-refractivity contribution in [1.29, 1.82) is 0 Å². The quantitative estimate of drug-likeness (QED) is 0.547. The monoisotopic (exact) mass is 349 g/mol. The van der Waals surface area contributed by atoms with Gasteiger partial charge in [0.2, 0.25) is 0 Å². The number of hydrogen-bond acceptors (Lipinski definition) is 4. The first kappa shape index (κ1) is 16.3. The van der Waals surface area contributed by atoms with E-state index in [2.05, 4.69) is 15.3 Å². The molecule has 1 aliphatic heterocycles. The van der Waals surface area contributed by atoms with E-state index in [1.807, 2.05) is 36.4 Å². The molecule has 1 atom stereocenters. The molecule has 3 aromatic rings. The Balaban J connectivity index is 1.28. The highest BCUT2D eigenvalue weighted by atomic mass is 16.5. The molecule has 2 N–H and O–H groups in total. The maximum absolute atomic E-state index is 12.3. The van der Waals surface area contributed by atoms with Gasteiger partial charge in [0.15, 0.2) is 6.10 Å². The van der Waals surface area contributed by atoms with Gasteiger partial charge < -0.3 is 15.0 Å². The van der Waals surface area contributed by atoms with Crippen molar-refractivity contribution in [2.24, 2.45) is 0 Å². The van der Waals surface area contributed by atoms with Crippen molar-refractivity contribution in [1.82, 2.24) is 15.3 Å². The minimum atomic E-state index is -0.761. The fourth-order valence-electron chi connectivity index (χ4n) is 3.18. The van der Waals surface area contributed by atoms with Gasteiger partial charge in [0.1, 0.15) is 5.82 Å². The van der Waals surface area contributed by atoms with E-state index in [1.54, 1.807) is 12.1 Å². The van der Waals surface area contributed by atoms with Crippen LogP contribution in [0.2, 0.25) is 0 Å². The van der Waals surface area contributed by atoms with Gasteiger partial charge in [0.05, 0.1) is 16.6 Å². The zero-order valence-electron chi connectivity index (χ0n) is 14.2. The van der Waals surface area contributed by atoms with Crippen molar-refractivity contribution < 1.29 is 14.3 Å². The number of hydrogen-bond donors (Lipinski definition) is 2. The van der Waals surface area contributed by atoms with E-state index in [9.17, 15) is 9.59 Å². The molecule has 4 rings (SSSR count). The molecule has 132 valence electrons. The minimum absolute atomic E-state index is 0.252. The number of amides is 1. The van der Waals surface area contributed by atoms with Gasteiger partial charge in [-0.2, -0.15) is 0 Å². The molecule has 0 bridgehead atoms. The first-order valence-corrected chi connectivity index (χ1v) is 8.71. The van der Waals surface area contributed by atoms with Crippen LogP contribution in [0.4, 0.5) is 0 Å². The Labute approximate surface area is 150 Å². The molecule has 0 saturated carbocycles. The molecule has 0 spiro atoms. The number of esters is 1. The largest absolute Gasteiger partial charge is 0.448 e. The van der Waals surface area contributed by atoms with Gasteiger partial charge in [-0.05, 0) is 30.2 Å². The molecule has 1 aromatic heterocycles. The Kier molecular flexibility index (Phi) is 4.39. The summed E-state index contributed by atoms with van der Waals surface area (Å²) in [5, 5.41) is 2.85. The molecular weight excluding hydrogens is 330 g/mol. The van der Waals surface area contributed by atoms with Crippen LogP contribution in [0.3, 0.4) is 0 Å². The van der Waals surface area contributed by atoms with Crippen LogP contribution < -0.4 is 5.32 Å². The average molecular weight is 349 g/mol. The van der Waals surface area contributed by atoms with Gasteiger partial charge in [0, 0.05) is 19.4 Å². The molecule has 0 radical (unpaired) electrons. The molecule has 0 fully saturated rings. The van der Waals surface area contributed by atoms with Crippen LogP contribution in [0.1, 0.15) is 28.2 Å². The summed E-state index contributed by atoms with van der Waals surface area (Å²) in [5.41, 5.74) is 3.35. The Morgan fingerprint density at radius 2 is 2.00 bits per heavy atom. The fraction of sp³-hybridized carbons (Fsp3) is 0.250. The second-order valence-electron chi connectivity index (χ2n) is 6.35. The summed E-state index contributed by atoms with van der Waals surface area (Å²) in [7, 11) is 0. The van der Waals surface area contributed by atoms with Gasteiger partial charge in [-0.15, -0.1) is 0 Å². The first-order valence-electron chi connectivity index (χ1n) is 8.71. The third-order valence-corrected chi connectivity index (χ3v) is 4.51. The number of carbonyl (C=O) groups excluding carboxylic acids is 2. The van der Waals surface area contributed by atoms with E-state index in [0.29, 0.717) is 18.5 Å². The molecule has 0 saturated heterocycles. The van der Waals surface area contributed by atoms with E-state index in [0.717, 1.165) is 35.3 Å². The normalized spacial score (nSPS) is 16.2. The van der Waals surface area contributed by atoms with E-state index < -0.39 is 12.1 Å². The van der Waals surface area contributed by atoms with Crippen molar-refractivity contribution >= 4 is 22.9 Å². The number of aromatic nitrogens is 2. The number of rotatable bonds is 5. The van der Waals surface area contributed by atoms with E-state index in [1.165, 1.54) is 0 Å². The molecule has 2 aromatic carbocycles. The smallest absolute Gasteiger partial charge is 0.339 e. The average Bonchev–Trinajstić information content (AvgIpc) is 3.08. The molecule has 6 nitrogen and oxygen atoms in total. The number of aryl methyl sites for hydroxylation is 1. The highest BCUT2D eigenvalue weighted by Crippen LogP contribution is 2.20. The molecule has 6 heteroatoms. The maximum atomic E-state index is 12.3. The molecule has 0 unspecified atom stereocenters. The second kappa shape index (κ2) is 7.00. The number of cyclic esters (lactones) is 1. The van der Waals surface area contributed by atoms with Crippen molar-refractivity contribution in [3.63, 3.8) is 0 Å². The summed E-state index contributed by atoms with van der Waals surface area (Å²) < 4.78 is 5.26. The molecular formula is C20H19N3O3. The van der Waals surface area contributed by atoms with Crippen LogP contribution in [-0.2, 0) is 22.4 Å². The number of aromatic amines is 1. The zero-order valence-corrected chi connectivity index (χ0v) is 14.2. The molecule has 2 heterocycles. The SMILES string of the molecule is O=C1O[C@H](C(=O)NCCCc2nc3ccccc3[nH]2)Cc2ccccc21. The van der Waals surface area contributed by atoms with Crippen LogP contribution >= 0.6 is 0 Å². The Morgan fingerprint density at radius 1 is 1.19 bits per heavy atom. The number of para-hydroxylation sites is 2. The number of carbonyl (C=O) groups is 2. The second-order valence-corrected chi connectivity index (χ2v) is 6.35. The Morgan fingerprint density at radius 3 is 2.88 bits per heavy atom. The maximum Gasteiger partial charge on any atom is 0.339 e. The van der Waals surface area contributed by atoms with Crippen molar-refractivity contribution in [2.75, 3.05) is 6.54 Å². The molecule has 26 heavy (non-hydrogen) atoms. The van der Waals surface area contributed by atoms with Crippen molar-refractivity contribution in [3.8, 4) is 0 Å². The van der Waals surface area contributed by atoms with Gasteiger partial charge in [0.25, 0.3) is 5.91 Å². The zero-order chi connectivity index (χ0) is 17.9. The van der Waals surface area contributed by atoms with Gasteiger partial charge in [-0.1, -0.05) is 30.3 Å². The molecule has 1 amide bonds. The van der Waals surface area contributed by atoms with Crippen LogP contribution in [0.15, 0.2) is 48.5 Å². The number of H-pyrrole nitrogens is 1. The fourth-order valence-corrected chi connectivity index (χ4v) is 3.18. The number of fused-ring (bicyclic) bond motifs is 2. The third kappa shape index (κ3) is 3.31. The summed E-state index contributed by atoms with van der Waals surface area (Å²) in [5.74, 6) is 0.213. The van der Waals surface area contributed by atoms with Crippen LogP contribution in [0, 0.1) is 0 Å². The highest BCUT2D eigenvalue weighted by Gasteiger charge is 2.30. The lowest BCUT2D eigenvalue weighted by Crippen LogP contribution is -2.42.